The van der Waals surface area contributed by atoms with Crippen LogP contribution >= 0.6 is 23.6 Å². The molecule has 0 bridgehead atoms. The number of para-hydroxylation sites is 1. The maximum Gasteiger partial charge on any atom is 0.275 e. The smallest absolute Gasteiger partial charge is 0.275 e. The SMILES string of the molecule is O=C(c1cccs1)N(C(=S)OCCc1ccccc1)c1ccccc1. The second-order valence-corrected chi connectivity index (χ2v) is 6.60. The van der Waals surface area contributed by atoms with E-state index < -0.39 is 0 Å². The molecule has 3 nitrogen and oxygen atoms in total. The lowest BCUT2D eigenvalue weighted by atomic mass is 10.2. The number of thiophene rings is 1. The summed E-state index contributed by atoms with van der Waals surface area (Å²) < 4.78 is 5.72. The van der Waals surface area contributed by atoms with Gasteiger partial charge in [-0.3, -0.25) is 4.79 Å². The number of carbonyl (C=O) groups is 1. The summed E-state index contributed by atoms with van der Waals surface area (Å²) in [4.78, 5) is 14.9. The van der Waals surface area contributed by atoms with Crippen molar-refractivity contribution in [1.82, 2.24) is 0 Å². The number of nitrogens with zero attached hydrogens (tertiary/aromatic N) is 1. The maximum absolute atomic E-state index is 12.8. The molecule has 1 heterocycles. The van der Waals surface area contributed by atoms with Gasteiger partial charge in [-0.15, -0.1) is 11.3 Å². The third kappa shape index (κ3) is 4.53. The number of rotatable bonds is 5. The van der Waals surface area contributed by atoms with Gasteiger partial charge < -0.3 is 4.74 Å². The highest BCUT2D eigenvalue weighted by Gasteiger charge is 2.23. The van der Waals surface area contributed by atoms with Gasteiger partial charge in [0.2, 0.25) is 0 Å². The first kappa shape index (κ1) is 17.3. The Kier molecular flexibility index (Phi) is 5.93. The van der Waals surface area contributed by atoms with Gasteiger partial charge in [0.05, 0.1) is 17.2 Å². The summed E-state index contributed by atoms with van der Waals surface area (Å²) in [6, 6.07) is 23.0. The second kappa shape index (κ2) is 8.55. The van der Waals surface area contributed by atoms with E-state index in [0.29, 0.717) is 17.2 Å². The predicted molar refractivity (Wildman–Crippen MR) is 106 cm³/mol. The fraction of sp³-hybridized carbons (Fsp3) is 0.100. The van der Waals surface area contributed by atoms with Crippen molar-refractivity contribution in [2.24, 2.45) is 0 Å². The standard InChI is InChI=1S/C20H17NO2S2/c22-19(18-12-7-15-25-18)21(17-10-5-2-6-11-17)20(24)23-14-13-16-8-3-1-4-9-16/h1-12,15H,13-14H2. The molecule has 25 heavy (non-hydrogen) atoms. The Labute approximate surface area is 156 Å². The van der Waals surface area contributed by atoms with E-state index in [1.165, 1.54) is 21.8 Å². The molecule has 1 amide bonds. The van der Waals surface area contributed by atoms with Gasteiger partial charge in [0.25, 0.3) is 11.1 Å². The third-order valence-corrected chi connectivity index (χ3v) is 4.75. The van der Waals surface area contributed by atoms with Crippen LogP contribution in [-0.4, -0.2) is 17.7 Å². The molecule has 0 aliphatic rings. The summed E-state index contributed by atoms with van der Waals surface area (Å²) in [6.45, 7) is 0.421. The average Bonchev–Trinajstić information content (AvgIpc) is 3.18. The van der Waals surface area contributed by atoms with E-state index in [0.717, 1.165) is 6.42 Å². The van der Waals surface area contributed by atoms with Crippen LogP contribution in [0.4, 0.5) is 5.69 Å². The summed E-state index contributed by atoms with van der Waals surface area (Å²) >= 11 is 6.80. The van der Waals surface area contributed by atoms with Crippen LogP contribution in [-0.2, 0) is 11.2 Å². The molecule has 126 valence electrons. The molecule has 0 fully saturated rings. The normalized spacial score (nSPS) is 10.2. The molecule has 0 saturated carbocycles. The molecular formula is C20H17NO2S2. The fourth-order valence-corrected chi connectivity index (χ4v) is 3.28. The lowest BCUT2D eigenvalue weighted by molar-refractivity contribution is 0.1000. The molecule has 3 rings (SSSR count). The van der Waals surface area contributed by atoms with E-state index in [1.807, 2.05) is 72.1 Å². The van der Waals surface area contributed by atoms with Crippen LogP contribution in [0, 0.1) is 0 Å². The maximum atomic E-state index is 12.8. The van der Waals surface area contributed by atoms with Crippen molar-refractivity contribution in [2.75, 3.05) is 11.5 Å². The Bertz CT molecular complexity index is 817. The number of ether oxygens (including phenoxy) is 1. The van der Waals surface area contributed by atoms with Gasteiger partial charge in [0, 0.05) is 6.42 Å². The second-order valence-electron chi connectivity index (χ2n) is 5.30. The highest BCUT2D eigenvalue weighted by Crippen LogP contribution is 2.21. The molecule has 0 saturated heterocycles. The molecule has 5 heteroatoms. The van der Waals surface area contributed by atoms with Crippen molar-refractivity contribution in [2.45, 2.75) is 6.42 Å². The average molecular weight is 367 g/mol. The lowest BCUT2D eigenvalue weighted by Crippen LogP contribution is -2.37. The van der Waals surface area contributed by atoms with Gasteiger partial charge in [0.1, 0.15) is 0 Å². The first-order chi connectivity index (χ1) is 12.3. The van der Waals surface area contributed by atoms with E-state index in [2.05, 4.69) is 0 Å². The minimum atomic E-state index is -0.175. The monoisotopic (exact) mass is 367 g/mol. The number of hydrogen-bond acceptors (Lipinski definition) is 4. The summed E-state index contributed by atoms with van der Waals surface area (Å²) in [5.74, 6) is -0.175. The zero-order valence-corrected chi connectivity index (χ0v) is 15.1. The van der Waals surface area contributed by atoms with Crippen LogP contribution in [0.15, 0.2) is 78.2 Å². The number of thiocarbonyl (C=S) groups is 1. The molecule has 2 aromatic carbocycles. The molecule has 0 spiro atoms. The molecule has 0 aliphatic heterocycles. The summed E-state index contributed by atoms with van der Waals surface area (Å²) in [6.07, 6.45) is 0.733. The third-order valence-electron chi connectivity index (χ3n) is 3.59. The van der Waals surface area contributed by atoms with Crippen LogP contribution in [0.3, 0.4) is 0 Å². The Hall–Kier alpha value is -2.50. The minimum absolute atomic E-state index is 0.167. The van der Waals surface area contributed by atoms with Gasteiger partial charge in [-0.2, -0.15) is 0 Å². The van der Waals surface area contributed by atoms with Gasteiger partial charge in [0.15, 0.2) is 0 Å². The van der Waals surface area contributed by atoms with Crippen LogP contribution in [0.2, 0.25) is 0 Å². The van der Waals surface area contributed by atoms with Crippen LogP contribution in [0.25, 0.3) is 0 Å². The predicted octanol–water partition coefficient (Wildman–Crippen LogP) is 4.94. The first-order valence-corrected chi connectivity index (χ1v) is 9.18. The van der Waals surface area contributed by atoms with E-state index in [4.69, 9.17) is 17.0 Å². The zero-order chi connectivity index (χ0) is 17.5. The van der Waals surface area contributed by atoms with Crippen LogP contribution < -0.4 is 4.90 Å². The van der Waals surface area contributed by atoms with E-state index in [1.54, 1.807) is 6.07 Å². The van der Waals surface area contributed by atoms with Crippen molar-refractivity contribution in [3.63, 3.8) is 0 Å². The zero-order valence-electron chi connectivity index (χ0n) is 13.5. The van der Waals surface area contributed by atoms with Crippen molar-refractivity contribution < 1.29 is 9.53 Å². The van der Waals surface area contributed by atoms with Gasteiger partial charge in [-0.25, -0.2) is 4.90 Å². The van der Waals surface area contributed by atoms with Crippen LogP contribution in [0.1, 0.15) is 15.2 Å². The highest BCUT2D eigenvalue weighted by molar-refractivity contribution is 7.80. The summed E-state index contributed by atoms with van der Waals surface area (Å²) in [5.41, 5.74) is 1.87. The number of benzene rings is 2. The largest absolute Gasteiger partial charge is 0.470 e. The first-order valence-electron chi connectivity index (χ1n) is 7.89. The number of amides is 1. The van der Waals surface area contributed by atoms with E-state index in [-0.39, 0.29) is 11.1 Å². The molecule has 3 aromatic rings. The van der Waals surface area contributed by atoms with Crippen molar-refractivity contribution >= 4 is 40.3 Å². The van der Waals surface area contributed by atoms with Crippen molar-refractivity contribution in [3.8, 4) is 0 Å². The van der Waals surface area contributed by atoms with Crippen molar-refractivity contribution in [3.05, 3.63) is 88.6 Å². The number of hydrogen-bond donors (Lipinski definition) is 0. The molecule has 1 aromatic heterocycles. The molecular weight excluding hydrogens is 350 g/mol. The van der Waals surface area contributed by atoms with Crippen LogP contribution in [0.5, 0.6) is 0 Å². The highest BCUT2D eigenvalue weighted by atomic mass is 32.1. The lowest BCUT2D eigenvalue weighted by Gasteiger charge is -2.22. The van der Waals surface area contributed by atoms with Gasteiger partial charge >= 0.3 is 0 Å². The Morgan fingerprint density at radius 2 is 1.64 bits per heavy atom. The van der Waals surface area contributed by atoms with Gasteiger partial charge in [-0.1, -0.05) is 54.6 Å². The minimum Gasteiger partial charge on any atom is -0.470 e. The Morgan fingerprint density at radius 3 is 2.28 bits per heavy atom. The molecule has 0 radical (unpaired) electrons. The van der Waals surface area contributed by atoms with E-state index >= 15 is 0 Å². The molecule has 0 N–H and O–H groups in total. The summed E-state index contributed by atoms with van der Waals surface area (Å²) in [7, 11) is 0. The quantitative estimate of drug-likeness (QED) is 0.598. The number of anilines is 1. The Balaban J connectivity index is 1.72. The van der Waals surface area contributed by atoms with Gasteiger partial charge in [-0.05, 0) is 41.4 Å². The number of carbonyl (C=O) groups excluding carboxylic acids is 1. The topological polar surface area (TPSA) is 29.5 Å². The summed E-state index contributed by atoms with van der Waals surface area (Å²) in [5, 5.41) is 2.04. The fourth-order valence-electron chi connectivity index (χ4n) is 2.36. The van der Waals surface area contributed by atoms with E-state index in [9.17, 15) is 4.79 Å². The molecule has 0 atom stereocenters. The molecule has 0 aliphatic carbocycles. The molecule has 0 unspecified atom stereocenters. The van der Waals surface area contributed by atoms with Crippen molar-refractivity contribution in [1.29, 1.82) is 0 Å². The Morgan fingerprint density at radius 1 is 0.960 bits per heavy atom.